The lowest BCUT2D eigenvalue weighted by molar-refractivity contribution is -0.136. The molecule has 0 radical (unpaired) electrons. The highest BCUT2D eigenvalue weighted by Crippen LogP contribution is 2.37. The first-order chi connectivity index (χ1) is 13.6. The average Bonchev–Trinajstić information content (AvgIpc) is 2.96. The van der Waals surface area contributed by atoms with Gasteiger partial charge >= 0.3 is 5.97 Å². The van der Waals surface area contributed by atoms with Gasteiger partial charge in [-0.25, -0.2) is 4.79 Å². The van der Waals surface area contributed by atoms with Crippen LogP contribution in [-0.2, 0) is 14.3 Å². The molecule has 2 rings (SSSR count). The van der Waals surface area contributed by atoms with Gasteiger partial charge in [0.1, 0.15) is 5.70 Å². The van der Waals surface area contributed by atoms with Crippen molar-refractivity contribution >= 4 is 17.6 Å². The third-order valence-electron chi connectivity index (χ3n) is 5.34. The quantitative estimate of drug-likeness (QED) is 0.648. The van der Waals surface area contributed by atoms with E-state index in [2.05, 4.69) is 59.0 Å². The summed E-state index contributed by atoms with van der Waals surface area (Å²) in [5.74, 6) is 0.0352. The maximum atomic E-state index is 13.0. The Morgan fingerprint density at radius 2 is 1.66 bits per heavy atom. The molecule has 0 unspecified atom stereocenters. The molecule has 29 heavy (non-hydrogen) atoms. The van der Waals surface area contributed by atoms with E-state index in [4.69, 9.17) is 4.74 Å². The lowest BCUT2D eigenvalue weighted by atomic mass is 9.87. The van der Waals surface area contributed by atoms with Gasteiger partial charge in [0.25, 0.3) is 5.91 Å². The van der Waals surface area contributed by atoms with Gasteiger partial charge in [-0.1, -0.05) is 53.7 Å². The zero-order chi connectivity index (χ0) is 21.9. The number of aliphatic hydroxyl groups excluding tert-OH is 1. The monoisotopic (exact) mass is 402 g/mol. The predicted molar refractivity (Wildman–Crippen MR) is 115 cm³/mol. The van der Waals surface area contributed by atoms with Crippen LogP contribution >= 0.6 is 0 Å². The number of β-amino-alcohol motifs (C(OH)–C–C–N with tert-alkyl or cyclic N) is 1. The van der Waals surface area contributed by atoms with E-state index in [0.717, 1.165) is 16.8 Å². The number of esters is 1. The van der Waals surface area contributed by atoms with Crippen LogP contribution in [0.3, 0.4) is 0 Å². The molecule has 1 aliphatic rings. The molecule has 1 aromatic rings. The van der Waals surface area contributed by atoms with E-state index < -0.39 is 5.97 Å². The fraction of sp³-hybridized carbons (Fsp3) is 0.565. The van der Waals surface area contributed by atoms with Crippen LogP contribution in [0.15, 0.2) is 23.4 Å². The van der Waals surface area contributed by atoms with Crippen molar-refractivity contribution in [1.82, 2.24) is 4.90 Å². The van der Waals surface area contributed by atoms with Crippen LogP contribution in [0.5, 0.6) is 0 Å². The highest BCUT2D eigenvalue weighted by molar-refractivity contribution is 6.08. The molecule has 1 aliphatic heterocycles. The summed E-state index contributed by atoms with van der Waals surface area (Å²) in [4.78, 5) is 26.7. The summed E-state index contributed by atoms with van der Waals surface area (Å²) in [7, 11) is 1.31. The molecule has 0 aliphatic carbocycles. The van der Waals surface area contributed by atoms with Gasteiger partial charge in [0.05, 0.1) is 25.8 Å². The van der Waals surface area contributed by atoms with Crippen molar-refractivity contribution in [3.05, 3.63) is 40.1 Å². The molecule has 0 bridgehead atoms. The predicted octanol–water partition coefficient (Wildman–Crippen LogP) is 3.73. The average molecular weight is 403 g/mol. The lowest BCUT2D eigenvalue weighted by Crippen LogP contribution is -2.31. The van der Waals surface area contributed by atoms with Crippen molar-refractivity contribution in [2.45, 2.75) is 59.3 Å². The molecule has 6 heteroatoms. The Labute approximate surface area is 173 Å². The number of rotatable bonds is 8. The minimum Gasteiger partial charge on any atom is -0.466 e. The molecular formula is C23H34N2O4. The third kappa shape index (κ3) is 4.81. The van der Waals surface area contributed by atoms with Gasteiger partial charge in [-0.2, -0.15) is 0 Å². The van der Waals surface area contributed by atoms with E-state index >= 15 is 0 Å². The maximum Gasteiger partial charge on any atom is 0.337 e. The maximum absolute atomic E-state index is 13.0. The Kier molecular flexibility index (Phi) is 7.47. The normalized spacial score (nSPS) is 14.6. The van der Waals surface area contributed by atoms with Crippen molar-refractivity contribution in [3.63, 3.8) is 0 Å². The molecular weight excluding hydrogens is 368 g/mol. The Morgan fingerprint density at radius 1 is 1.10 bits per heavy atom. The third-order valence-corrected chi connectivity index (χ3v) is 5.34. The first-order valence-electron chi connectivity index (χ1n) is 10.3. The second-order valence-corrected chi connectivity index (χ2v) is 8.46. The summed E-state index contributed by atoms with van der Waals surface area (Å²) in [5, 5.41) is 12.6. The van der Waals surface area contributed by atoms with E-state index in [0.29, 0.717) is 11.5 Å². The Morgan fingerprint density at radius 3 is 2.07 bits per heavy atom. The number of benzene rings is 1. The zero-order valence-corrected chi connectivity index (χ0v) is 18.6. The summed E-state index contributed by atoms with van der Waals surface area (Å²) >= 11 is 0. The van der Waals surface area contributed by atoms with Crippen LogP contribution in [0.25, 0.3) is 0 Å². The number of hydrogen-bond acceptors (Lipinski definition) is 5. The highest BCUT2D eigenvalue weighted by atomic mass is 16.5. The molecule has 0 aromatic heterocycles. The molecule has 0 spiro atoms. The summed E-state index contributed by atoms with van der Waals surface area (Å²) in [6.07, 6.45) is 0. The van der Waals surface area contributed by atoms with Crippen molar-refractivity contribution < 1.29 is 19.4 Å². The number of carbonyl (C=O) groups excluding carboxylic acids is 2. The smallest absolute Gasteiger partial charge is 0.337 e. The fourth-order valence-corrected chi connectivity index (χ4v) is 3.57. The Hall–Kier alpha value is -2.34. The van der Waals surface area contributed by atoms with Gasteiger partial charge in [-0.3, -0.25) is 4.79 Å². The summed E-state index contributed by atoms with van der Waals surface area (Å²) < 4.78 is 4.90. The van der Waals surface area contributed by atoms with Gasteiger partial charge in [0.15, 0.2) is 0 Å². The van der Waals surface area contributed by atoms with E-state index in [9.17, 15) is 14.7 Å². The van der Waals surface area contributed by atoms with E-state index in [1.165, 1.54) is 17.6 Å². The Bertz CT molecular complexity index is 780. The molecule has 1 aromatic carbocycles. The SMILES string of the molecule is COC(=O)C1=C(Nc2c(C(C)C)cc(C(C)C)cc2C(C)C)C(=O)N(CCO)C1. The Balaban J connectivity index is 2.63. The molecule has 1 amide bonds. The summed E-state index contributed by atoms with van der Waals surface area (Å²) in [5.41, 5.74) is 4.91. The van der Waals surface area contributed by atoms with E-state index in [-0.39, 0.29) is 43.1 Å². The fourth-order valence-electron chi connectivity index (χ4n) is 3.57. The number of hydrogen-bond donors (Lipinski definition) is 2. The van der Waals surface area contributed by atoms with Gasteiger partial charge in [0, 0.05) is 12.2 Å². The van der Waals surface area contributed by atoms with E-state index in [1.807, 2.05) is 0 Å². The number of amides is 1. The van der Waals surface area contributed by atoms with Crippen LogP contribution in [0, 0.1) is 0 Å². The first-order valence-corrected chi connectivity index (χ1v) is 10.3. The number of ether oxygens (including phenoxy) is 1. The summed E-state index contributed by atoms with van der Waals surface area (Å²) in [6, 6.07) is 4.37. The van der Waals surface area contributed by atoms with Gasteiger partial charge in [-0.15, -0.1) is 0 Å². The second kappa shape index (κ2) is 9.44. The van der Waals surface area contributed by atoms with Crippen LogP contribution in [0.2, 0.25) is 0 Å². The largest absolute Gasteiger partial charge is 0.466 e. The minimum absolute atomic E-state index is 0.131. The van der Waals surface area contributed by atoms with Crippen LogP contribution in [-0.4, -0.2) is 48.7 Å². The van der Waals surface area contributed by atoms with Gasteiger partial charge in [0.2, 0.25) is 0 Å². The number of methoxy groups -OCH3 is 1. The van der Waals surface area contributed by atoms with Crippen molar-refractivity contribution in [3.8, 4) is 0 Å². The van der Waals surface area contributed by atoms with Gasteiger partial charge < -0.3 is 20.1 Å². The molecule has 2 N–H and O–H groups in total. The molecule has 0 saturated heterocycles. The van der Waals surface area contributed by atoms with E-state index in [1.54, 1.807) is 0 Å². The molecule has 0 fully saturated rings. The molecule has 160 valence electrons. The topological polar surface area (TPSA) is 78.9 Å². The van der Waals surface area contributed by atoms with Crippen molar-refractivity contribution in [2.24, 2.45) is 0 Å². The number of aliphatic hydroxyl groups is 1. The molecule has 0 saturated carbocycles. The second-order valence-electron chi connectivity index (χ2n) is 8.46. The number of nitrogens with zero attached hydrogens (tertiary/aromatic N) is 1. The standard InChI is InChI=1S/C23H34N2O4/c1-13(2)16-10-17(14(3)4)20(18(11-16)15(5)6)24-21-19(23(28)29-7)12-25(8-9-26)22(21)27/h10-11,13-15,24,26H,8-9,12H2,1-7H3. The minimum atomic E-state index is -0.530. The number of carbonyl (C=O) groups is 2. The first kappa shape index (κ1) is 22.9. The molecule has 0 atom stereocenters. The number of nitrogens with one attached hydrogen (secondary N) is 1. The highest BCUT2D eigenvalue weighted by Gasteiger charge is 2.35. The van der Waals surface area contributed by atoms with Gasteiger partial charge in [-0.05, 0) is 34.4 Å². The number of anilines is 1. The van der Waals surface area contributed by atoms with Crippen molar-refractivity contribution in [2.75, 3.05) is 32.1 Å². The lowest BCUT2D eigenvalue weighted by Gasteiger charge is -2.24. The van der Waals surface area contributed by atoms with Crippen molar-refractivity contribution in [1.29, 1.82) is 0 Å². The van der Waals surface area contributed by atoms with Crippen LogP contribution < -0.4 is 5.32 Å². The van der Waals surface area contributed by atoms with Crippen LogP contribution in [0.4, 0.5) is 5.69 Å². The molecule has 1 heterocycles. The summed E-state index contributed by atoms with van der Waals surface area (Å²) in [6.45, 7) is 13.0. The molecule has 6 nitrogen and oxygen atoms in total. The zero-order valence-electron chi connectivity index (χ0n) is 18.6. The van der Waals surface area contributed by atoms with Crippen LogP contribution in [0.1, 0.15) is 76.0 Å².